The van der Waals surface area contributed by atoms with Crippen LogP contribution in [0.25, 0.3) is 0 Å². The lowest BCUT2D eigenvalue weighted by Gasteiger charge is -2.36. The summed E-state index contributed by atoms with van der Waals surface area (Å²) in [6.45, 7) is 11.2. The van der Waals surface area contributed by atoms with Crippen LogP contribution in [0.15, 0.2) is 60.7 Å². The molecular formula is C37H48Br2N4O9. The number of carbonyl (C=O) groups is 7. The van der Waals surface area contributed by atoms with E-state index in [1.807, 2.05) is 0 Å². The smallest absolute Gasteiger partial charge is 0.339 e. The molecule has 0 aliphatic carbocycles. The third-order valence-corrected chi connectivity index (χ3v) is 9.59. The molecule has 2 aromatic rings. The van der Waals surface area contributed by atoms with E-state index >= 15 is 0 Å². The van der Waals surface area contributed by atoms with Crippen molar-refractivity contribution in [1.82, 2.24) is 10.6 Å². The molecule has 52 heavy (non-hydrogen) atoms. The van der Waals surface area contributed by atoms with Gasteiger partial charge in [-0.2, -0.15) is 0 Å². The van der Waals surface area contributed by atoms with E-state index in [0.29, 0.717) is 0 Å². The van der Waals surface area contributed by atoms with Gasteiger partial charge in [0.25, 0.3) is 0 Å². The quantitative estimate of drug-likeness (QED) is 0.110. The molecule has 0 aliphatic heterocycles. The summed E-state index contributed by atoms with van der Waals surface area (Å²) in [4.78, 5) is 97.2. The summed E-state index contributed by atoms with van der Waals surface area (Å²) in [7, 11) is 0. The van der Waals surface area contributed by atoms with Gasteiger partial charge < -0.3 is 31.6 Å². The maximum atomic E-state index is 14.7. The number of Topliss-reactive ketones (excluding diaryl/α,β-unsaturated/α-hetero) is 3. The highest BCUT2D eigenvalue weighted by Gasteiger charge is 2.67. The summed E-state index contributed by atoms with van der Waals surface area (Å²) >= 11 is 5.95. The molecule has 0 aliphatic rings. The Kier molecular flexibility index (Phi) is 15.2. The minimum absolute atomic E-state index is 0.105. The number of alkyl halides is 2. The Labute approximate surface area is 320 Å². The molecule has 0 fully saturated rings. The molecule has 0 radical (unpaired) electrons. The summed E-state index contributed by atoms with van der Waals surface area (Å²) < 4.78 is 4.75. The van der Waals surface area contributed by atoms with E-state index in [1.165, 1.54) is 55.4 Å². The van der Waals surface area contributed by atoms with Crippen LogP contribution in [-0.2, 0) is 55.9 Å². The van der Waals surface area contributed by atoms with Crippen LogP contribution in [0.2, 0.25) is 0 Å². The van der Waals surface area contributed by atoms with E-state index in [4.69, 9.17) is 20.9 Å². The second-order valence-electron chi connectivity index (χ2n) is 14.4. The average Bonchev–Trinajstić information content (AvgIpc) is 3.05. The highest BCUT2D eigenvalue weighted by molar-refractivity contribution is 9.12. The first-order chi connectivity index (χ1) is 23.8. The Morgan fingerprint density at radius 3 is 1.15 bits per heavy atom. The fourth-order valence-corrected chi connectivity index (χ4v) is 6.54. The van der Waals surface area contributed by atoms with Gasteiger partial charge in [-0.05, 0) is 79.4 Å². The molecule has 0 heterocycles. The van der Waals surface area contributed by atoms with Crippen LogP contribution >= 0.6 is 31.9 Å². The molecule has 6 N–H and O–H groups in total. The number of benzene rings is 2. The molecule has 0 spiro atoms. The predicted octanol–water partition coefficient (Wildman–Crippen LogP) is 2.79. The topological polar surface area (TPSA) is 214 Å². The minimum atomic E-state index is -3.08. The molecule has 0 saturated carbocycles. The van der Waals surface area contributed by atoms with Crippen LogP contribution in [0.4, 0.5) is 0 Å². The molecule has 0 bridgehead atoms. The Balaban J connectivity index is 2.56. The molecule has 2 rings (SSSR count). The first kappa shape index (κ1) is 44.4. The van der Waals surface area contributed by atoms with Gasteiger partial charge in [0, 0.05) is 0 Å². The Morgan fingerprint density at radius 1 is 0.596 bits per heavy atom. The highest BCUT2D eigenvalue weighted by Crippen LogP contribution is 2.38. The first-order valence-electron chi connectivity index (χ1n) is 16.5. The summed E-state index contributed by atoms with van der Waals surface area (Å²) in [6, 6.07) is 12.2. The van der Waals surface area contributed by atoms with Gasteiger partial charge in [0.1, 0.15) is 11.2 Å². The lowest BCUT2D eigenvalue weighted by atomic mass is 9.82. The van der Waals surface area contributed by atoms with Gasteiger partial charge in [-0.3, -0.25) is 24.0 Å². The third kappa shape index (κ3) is 11.6. The fraction of sp³-hybridized carbons (Fsp3) is 0.486. The van der Waals surface area contributed by atoms with Crippen molar-refractivity contribution in [2.75, 3.05) is 0 Å². The van der Waals surface area contributed by atoms with E-state index in [9.17, 15) is 33.6 Å². The number of hydrogen-bond donors (Lipinski definition) is 4. The Morgan fingerprint density at radius 2 is 0.885 bits per heavy atom. The fourth-order valence-electron chi connectivity index (χ4n) is 4.83. The molecule has 2 amide bonds. The standard InChI is InChI=1S/C37H48Br2N4O9/c1-21(42-29(46)25(40)19-23-15-11-9-12-16-23)27(44)36(38,32(49)51-34(3,4)5)31(48)37(39,33(50)52-35(6,7)8)28(45)22(2)43-30(47)26(41)20-24-17-13-10-14-18-24/h9-18,21-22,25-26H,19-20,40-41H2,1-8H3,(H,42,46)(H,43,47)/t21-,22-,25-,26-,36?,37?/m0/s1. The molecule has 6 atom stereocenters. The van der Waals surface area contributed by atoms with Gasteiger partial charge >= 0.3 is 11.9 Å². The van der Waals surface area contributed by atoms with Crippen molar-refractivity contribution in [3.05, 3.63) is 71.8 Å². The predicted molar refractivity (Wildman–Crippen MR) is 201 cm³/mol. The van der Waals surface area contributed by atoms with Crippen molar-refractivity contribution in [2.45, 2.75) is 112 Å². The number of halogens is 2. The molecule has 2 unspecified atom stereocenters. The SMILES string of the molecule is C[C@H](NC(=O)[C@@H](N)Cc1ccccc1)C(=O)C(Br)(C(=O)OC(C)(C)C)C(=O)C(Br)(C(=O)OC(C)(C)C)C(=O)[C@H](C)NC(=O)[C@@H](N)Cc1ccccc1. The van der Waals surface area contributed by atoms with Crippen molar-refractivity contribution >= 4 is 73.0 Å². The van der Waals surface area contributed by atoms with Crippen molar-refractivity contribution in [1.29, 1.82) is 0 Å². The zero-order valence-corrected chi connectivity index (χ0v) is 33.8. The zero-order valence-electron chi connectivity index (χ0n) is 30.6. The number of ketones is 3. The molecule has 15 heteroatoms. The van der Waals surface area contributed by atoms with Gasteiger partial charge in [0.2, 0.25) is 26.2 Å². The monoisotopic (exact) mass is 850 g/mol. The number of amides is 2. The highest BCUT2D eigenvalue weighted by atomic mass is 79.9. The van der Waals surface area contributed by atoms with E-state index in [1.54, 1.807) is 60.7 Å². The van der Waals surface area contributed by atoms with Gasteiger partial charge in [-0.1, -0.05) is 92.5 Å². The second-order valence-corrected chi connectivity index (χ2v) is 16.8. The lowest BCUT2D eigenvalue weighted by Crippen LogP contribution is -2.68. The molecule has 13 nitrogen and oxygen atoms in total. The molecular weight excluding hydrogens is 804 g/mol. The second kappa shape index (κ2) is 17.8. The summed E-state index contributed by atoms with van der Waals surface area (Å²) in [5.74, 6) is -8.73. The van der Waals surface area contributed by atoms with E-state index in [2.05, 4.69) is 42.5 Å². The Bertz CT molecular complexity index is 1520. The number of nitrogens with two attached hydrogens (primary N) is 2. The van der Waals surface area contributed by atoms with Crippen LogP contribution in [-0.4, -0.2) is 85.1 Å². The van der Waals surface area contributed by atoms with Gasteiger partial charge in [-0.15, -0.1) is 0 Å². The van der Waals surface area contributed by atoms with Crippen molar-refractivity contribution in [2.24, 2.45) is 11.5 Å². The van der Waals surface area contributed by atoms with Crippen LogP contribution in [0.3, 0.4) is 0 Å². The van der Waals surface area contributed by atoms with E-state index in [0.717, 1.165) is 11.1 Å². The van der Waals surface area contributed by atoms with Crippen molar-refractivity contribution < 1.29 is 43.0 Å². The molecule has 2 aromatic carbocycles. The summed E-state index contributed by atoms with van der Waals surface area (Å²) in [6.07, 6.45) is 0.211. The normalized spacial score (nSPS) is 16.4. The number of hydrogen-bond acceptors (Lipinski definition) is 11. The van der Waals surface area contributed by atoms with Crippen molar-refractivity contribution in [3.63, 3.8) is 0 Å². The summed E-state index contributed by atoms with van der Waals surface area (Å²) in [5, 5.41) is 4.83. The lowest BCUT2D eigenvalue weighted by molar-refractivity contribution is -0.165. The minimum Gasteiger partial charge on any atom is -0.458 e. The largest absolute Gasteiger partial charge is 0.458 e. The number of nitrogens with one attached hydrogen (secondary N) is 2. The van der Waals surface area contributed by atoms with Crippen LogP contribution < -0.4 is 22.1 Å². The van der Waals surface area contributed by atoms with Crippen LogP contribution in [0, 0.1) is 0 Å². The number of ether oxygens (including phenoxy) is 2. The maximum absolute atomic E-state index is 14.7. The molecule has 0 saturated heterocycles. The Hall–Kier alpha value is -3.79. The van der Waals surface area contributed by atoms with Gasteiger partial charge in [-0.25, -0.2) is 9.59 Å². The van der Waals surface area contributed by atoms with Gasteiger partial charge in [0.15, 0.2) is 11.6 Å². The van der Waals surface area contributed by atoms with Crippen LogP contribution in [0.1, 0.15) is 66.5 Å². The van der Waals surface area contributed by atoms with Crippen LogP contribution in [0.5, 0.6) is 0 Å². The molecule has 284 valence electrons. The van der Waals surface area contributed by atoms with Crippen molar-refractivity contribution in [3.8, 4) is 0 Å². The number of carbonyl (C=O) groups excluding carboxylic acids is 7. The average molecular weight is 853 g/mol. The first-order valence-corrected chi connectivity index (χ1v) is 18.1. The number of esters is 2. The third-order valence-electron chi connectivity index (χ3n) is 7.44. The van der Waals surface area contributed by atoms with E-state index < -0.39 is 85.1 Å². The van der Waals surface area contributed by atoms with Gasteiger partial charge in [0.05, 0.1) is 24.2 Å². The maximum Gasteiger partial charge on any atom is 0.339 e. The summed E-state index contributed by atoms with van der Waals surface area (Å²) in [5.41, 5.74) is 11.1. The molecule has 0 aromatic heterocycles. The number of rotatable bonds is 16. The zero-order chi connectivity index (χ0) is 39.8. The van der Waals surface area contributed by atoms with E-state index in [-0.39, 0.29) is 12.8 Å².